The van der Waals surface area contributed by atoms with Gasteiger partial charge >= 0.3 is 5.97 Å². The highest BCUT2D eigenvalue weighted by Crippen LogP contribution is 2.26. The van der Waals surface area contributed by atoms with Crippen molar-refractivity contribution in [3.63, 3.8) is 0 Å². The Labute approximate surface area is 141 Å². The zero-order valence-corrected chi connectivity index (χ0v) is 14.2. The largest absolute Gasteiger partial charge is 0.422 e. The lowest BCUT2D eigenvalue weighted by Gasteiger charge is -2.04. The monoisotopic (exact) mass is 384 g/mol. The number of esters is 1. The van der Waals surface area contributed by atoms with E-state index < -0.39 is 5.97 Å². The van der Waals surface area contributed by atoms with Crippen molar-refractivity contribution < 1.29 is 9.53 Å². The van der Waals surface area contributed by atoms with Gasteiger partial charge in [-0.3, -0.25) is 0 Å². The molecule has 2 aromatic carbocycles. The minimum Gasteiger partial charge on any atom is -0.422 e. The number of aryl methyl sites for hydroxylation is 1. The van der Waals surface area contributed by atoms with E-state index in [-0.39, 0.29) is 0 Å². The van der Waals surface area contributed by atoms with Crippen LogP contribution in [0.4, 0.5) is 0 Å². The predicted molar refractivity (Wildman–Crippen MR) is 90.0 cm³/mol. The van der Waals surface area contributed by atoms with Gasteiger partial charge in [0.25, 0.3) is 0 Å². The zero-order valence-electron chi connectivity index (χ0n) is 11.1. The topological polar surface area (TPSA) is 26.3 Å². The molecule has 0 saturated heterocycles. The van der Waals surface area contributed by atoms with Crippen LogP contribution in [0.2, 0.25) is 10.0 Å². The Morgan fingerprint density at radius 1 is 1.14 bits per heavy atom. The minimum absolute atomic E-state index is 0.438. The van der Waals surface area contributed by atoms with E-state index in [2.05, 4.69) is 15.9 Å². The van der Waals surface area contributed by atoms with Gasteiger partial charge in [-0.05, 0) is 64.3 Å². The second kappa shape index (κ2) is 7.12. The smallest absolute Gasteiger partial charge is 0.336 e. The minimum atomic E-state index is -0.467. The van der Waals surface area contributed by atoms with Gasteiger partial charge in [-0.1, -0.05) is 35.3 Å². The van der Waals surface area contributed by atoms with Crippen LogP contribution in [0.5, 0.6) is 5.75 Å². The zero-order chi connectivity index (χ0) is 15.4. The van der Waals surface area contributed by atoms with Crippen LogP contribution >= 0.6 is 39.1 Å². The summed E-state index contributed by atoms with van der Waals surface area (Å²) in [5.74, 6) is 0.00927. The quantitative estimate of drug-likeness (QED) is 0.385. The summed E-state index contributed by atoms with van der Waals surface area (Å²) in [6.45, 7) is 1.96. The third-order valence-electron chi connectivity index (χ3n) is 2.65. The molecule has 0 aliphatic rings. The summed E-state index contributed by atoms with van der Waals surface area (Å²) in [5, 5.41) is 0.911. The summed E-state index contributed by atoms with van der Waals surface area (Å²) < 4.78 is 5.98. The molecule has 0 heterocycles. The fourth-order valence-electron chi connectivity index (χ4n) is 1.61. The van der Waals surface area contributed by atoms with E-state index in [1.54, 1.807) is 30.3 Å². The van der Waals surface area contributed by atoms with Crippen molar-refractivity contribution in [2.24, 2.45) is 0 Å². The third kappa shape index (κ3) is 4.60. The molecule has 0 bridgehead atoms. The van der Waals surface area contributed by atoms with E-state index >= 15 is 0 Å². The Hall–Kier alpha value is -1.29. The van der Waals surface area contributed by atoms with E-state index in [9.17, 15) is 4.79 Å². The number of carbonyl (C=O) groups is 1. The van der Waals surface area contributed by atoms with Gasteiger partial charge in [-0.2, -0.15) is 0 Å². The Kier molecular flexibility index (Phi) is 5.45. The molecule has 0 amide bonds. The van der Waals surface area contributed by atoms with Crippen LogP contribution in [0.15, 0.2) is 46.9 Å². The van der Waals surface area contributed by atoms with Crippen LogP contribution in [-0.4, -0.2) is 5.97 Å². The maximum atomic E-state index is 11.8. The van der Waals surface area contributed by atoms with E-state index in [0.717, 1.165) is 15.6 Å². The summed E-state index contributed by atoms with van der Waals surface area (Å²) >= 11 is 15.1. The van der Waals surface area contributed by atoms with Gasteiger partial charge in [-0.25, -0.2) is 4.79 Å². The molecule has 108 valence electrons. The van der Waals surface area contributed by atoms with Gasteiger partial charge in [0.15, 0.2) is 0 Å². The van der Waals surface area contributed by atoms with Crippen LogP contribution < -0.4 is 4.74 Å². The van der Waals surface area contributed by atoms with Crippen molar-refractivity contribution in [2.75, 3.05) is 0 Å². The van der Waals surface area contributed by atoms with Crippen molar-refractivity contribution in [1.82, 2.24) is 0 Å². The molecular weight excluding hydrogens is 375 g/mol. The Morgan fingerprint density at radius 3 is 2.57 bits per heavy atom. The summed E-state index contributed by atoms with van der Waals surface area (Å²) in [5.41, 5.74) is 1.84. The van der Waals surface area contributed by atoms with Crippen molar-refractivity contribution in [3.8, 4) is 5.75 Å². The fourth-order valence-corrected chi connectivity index (χ4v) is 2.49. The summed E-state index contributed by atoms with van der Waals surface area (Å²) in [4.78, 5) is 11.8. The van der Waals surface area contributed by atoms with E-state index in [1.165, 1.54) is 6.08 Å². The number of rotatable bonds is 3. The molecule has 0 radical (unpaired) electrons. The van der Waals surface area contributed by atoms with Gasteiger partial charge in [0, 0.05) is 6.08 Å². The second-order valence-corrected chi connectivity index (χ2v) is 6.03. The first kappa shape index (κ1) is 16.1. The Balaban J connectivity index is 2.07. The van der Waals surface area contributed by atoms with Crippen LogP contribution in [0.1, 0.15) is 11.1 Å². The number of ether oxygens (including phenoxy) is 1. The highest BCUT2D eigenvalue weighted by Gasteiger charge is 2.05. The van der Waals surface area contributed by atoms with E-state index in [4.69, 9.17) is 27.9 Å². The summed E-state index contributed by atoms with van der Waals surface area (Å²) in [6, 6.07) is 10.6. The van der Waals surface area contributed by atoms with Crippen molar-refractivity contribution in [1.29, 1.82) is 0 Å². The highest BCUT2D eigenvalue weighted by atomic mass is 79.9. The molecule has 0 N–H and O–H groups in total. The number of halogens is 3. The maximum absolute atomic E-state index is 11.8. The van der Waals surface area contributed by atoms with Crippen molar-refractivity contribution in [3.05, 3.63) is 68.1 Å². The third-order valence-corrected chi connectivity index (χ3v) is 4.01. The first-order chi connectivity index (χ1) is 9.95. The van der Waals surface area contributed by atoms with Crippen LogP contribution in [0.3, 0.4) is 0 Å². The maximum Gasteiger partial charge on any atom is 0.336 e. The number of carbonyl (C=O) groups excluding carboxylic acids is 1. The molecule has 0 saturated carbocycles. The van der Waals surface area contributed by atoms with Crippen LogP contribution in [-0.2, 0) is 4.79 Å². The van der Waals surface area contributed by atoms with E-state index in [1.807, 2.05) is 19.1 Å². The summed E-state index contributed by atoms with van der Waals surface area (Å²) in [7, 11) is 0. The molecule has 2 rings (SSSR count). The Morgan fingerprint density at radius 2 is 1.90 bits per heavy atom. The average molecular weight is 386 g/mol. The van der Waals surface area contributed by atoms with Gasteiger partial charge in [-0.15, -0.1) is 0 Å². The van der Waals surface area contributed by atoms with Gasteiger partial charge in [0.05, 0.1) is 14.5 Å². The second-order valence-electron chi connectivity index (χ2n) is 4.36. The molecule has 5 heteroatoms. The van der Waals surface area contributed by atoms with Gasteiger partial charge < -0.3 is 4.74 Å². The molecule has 0 spiro atoms. The first-order valence-electron chi connectivity index (χ1n) is 6.07. The lowest BCUT2D eigenvalue weighted by Crippen LogP contribution is -2.04. The molecule has 0 unspecified atom stereocenters. The summed E-state index contributed by atoms with van der Waals surface area (Å²) in [6.07, 6.45) is 2.96. The molecule has 0 atom stereocenters. The lowest BCUT2D eigenvalue weighted by molar-refractivity contribution is -0.128. The standard InChI is InChI=1S/C16H11BrCl2O2/c1-10-2-6-15(12(17)8-10)21-16(20)7-4-11-3-5-13(18)14(19)9-11/h2-9H,1H3/b7-4+. The van der Waals surface area contributed by atoms with E-state index in [0.29, 0.717) is 15.8 Å². The molecule has 21 heavy (non-hydrogen) atoms. The molecule has 2 aromatic rings. The molecular formula is C16H11BrCl2O2. The van der Waals surface area contributed by atoms with Gasteiger partial charge in [0.1, 0.15) is 5.75 Å². The normalized spacial score (nSPS) is 10.9. The fraction of sp³-hybridized carbons (Fsp3) is 0.0625. The predicted octanol–water partition coefficient (Wildman–Crippen LogP) is 5.68. The number of hydrogen-bond acceptors (Lipinski definition) is 2. The van der Waals surface area contributed by atoms with Crippen LogP contribution in [0.25, 0.3) is 6.08 Å². The average Bonchev–Trinajstić information content (AvgIpc) is 2.43. The molecule has 2 nitrogen and oxygen atoms in total. The number of hydrogen-bond donors (Lipinski definition) is 0. The Bertz CT molecular complexity index is 711. The molecule has 0 aromatic heterocycles. The molecule has 0 aliphatic carbocycles. The first-order valence-corrected chi connectivity index (χ1v) is 7.61. The molecule has 0 aliphatic heterocycles. The highest BCUT2D eigenvalue weighted by molar-refractivity contribution is 9.10. The van der Waals surface area contributed by atoms with Gasteiger partial charge in [0.2, 0.25) is 0 Å². The van der Waals surface area contributed by atoms with Crippen LogP contribution in [0, 0.1) is 6.92 Å². The van der Waals surface area contributed by atoms with Crippen molar-refractivity contribution in [2.45, 2.75) is 6.92 Å². The molecule has 0 fully saturated rings. The SMILES string of the molecule is Cc1ccc(OC(=O)/C=C/c2ccc(Cl)c(Cl)c2)c(Br)c1. The lowest BCUT2D eigenvalue weighted by atomic mass is 10.2. The number of benzene rings is 2. The van der Waals surface area contributed by atoms with Crippen molar-refractivity contribution >= 4 is 51.2 Å².